The van der Waals surface area contributed by atoms with Crippen LogP contribution in [0.25, 0.3) is 10.2 Å². The molecule has 0 aliphatic rings. The zero-order valence-electron chi connectivity index (χ0n) is 12.9. The number of anilines is 1. The third-order valence-corrected chi connectivity index (χ3v) is 4.38. The molecule has 122 valence electrons. The lowest BCUT2D eigenvalue weighted by atomic mass is 10.1. The summed E-state index contributed by atoms with van der Waals surface area (Å²) in [5.41, 5.74) is 7.49. The van der Waals surface area contributed by atoms with Gasteiger partial charge in [0.2, 0.25) is 0 Å². The highest BCUT2D eigenvalue weighted by Crippen LogP contribution is 2.27. The van der Waals surface area contributed by atoms with Gasteiger partial charge in [-0.3, -0.25) is 10.1 Å². The maximum absolute atomic E-state index is 12.3. The van der Waals surface area contributed by atoms with Crippen molar-refractivity contribution in [2.45, 2.75) is 13.0 Å². The Morgan fingerprint density at radius 2 is 1.92 bits per heavy atom. The smallest absolute Gasteiger partial charge is 0.318 e. The quantitative estimate of drug-likeness (QED) is 0.680. The molecule has 3 rings (SSSR count). The average molecular weight is 340 g/mol. The molecule has 1 heterocycles. The number of urea groups is 1. The first-order chi connectivity index (χ1) is 11.5. The zero-order chi connectivity index (χ0) is 17.1. The van der Waals surface area contributed by atoms with E-state index in [2.05, 4.69) is 15.6 Å². The molecule has 0 spiro atoms. The van der Waals surface area contributed by atoms with E-state index in [9.17, 15) is 9.59 Å². The summed E-state index contributed by atoms with van der Waals surface area (Å²) >= 11 is 1.58. The fourth-order valence-electron chi connectivity index (χ4n) is 2.44. The summed E-state index contributed by atoms with van der Waals surface area (Å²) in [4.78, 5) is 27.8. The van der Waals surface area contributed by atoms with Crippen LogP contribution in [0.5, 0.6) is 0 Å². The molecule has 0 aliphatic heterocycles. The molecule has 7 heteroatoms. The van der Waals surface area contributed by atoms with Crippen LogP contribution < -0.4 is 16.4 Å². The lowest BCUT2D eigenvalue weighted by Crippen LogP contribution is -2.40. The van der Waals surface area contributed by atoms with Gasteiger partial charge in [-0.2, -0.15) is 0 Å². The van der Waals surface area contributed by atoms with Gasteiger partial charge >= 0.3 is 6.03 Å². The number of imide groups is 1. The number of nitrogens with zero attached hydrogens (tertiary/aromatic N) is 1. The second-order valence-electron chi connectivity index (χ2n) is 5.26. The Labute approximate surface area is 142 Å². The maximum Gasteiger partial charge on any atom is 0.318 e. The van der Waals surface area contributed by atoms with Crippen LogP contribution in [-0.2, 0) is 4.79 Å². The molecule has 3 amide bonds. The van der Waals surface area contributed by atoms with Crippen molar-refractivity contribution >= 4 is 39.2 Å². The summed E-state index contributed by atoms with van der Waals surface area (Å²) < 4.78 is 1.03. The molecule has 4 N–H and O–H groups in total. The number of hydrogen-bond donors (Lipinski definition) is 3. The van der Waals surface area contributed by atoms with Crippen LogP contribution in [-0.4, -0.2) is 16.9 Å². The van der Waals surface area contributed by atoms with Crippen molar-refractivity contribution in [2.24, 2.45) is 5.73 Å². The zero-order valence-corrected chi connectivity index (χ0v) is 13.8. The van der Waals surface area contributed by atoms with E-state index in [4.69, 9.17) is 5.73 Å². The summed E-state index contributed by atoms with van der Waals surface area (Å²) in [5.74, 6) is -0.505. The largest absolute Gasteiger partial charge is 0.370 e. The third-order valence-electron chi connectivity index (χ3n) is 3.45. The van der Waals surface area contributed by atoms with Gasteiger partial charge in [0.05, 0.1) is 15.2 Å². The molecule has 24 heavy (non-hydrogen) atoms. The SMILES string of the molecule is Cc1nc2ccc(N[C@H](C(=O)NC(N)=O)c3ccccc3)cc2s1. The molecule has 6 nitrogen and oxygen atoms in total. The van der Waals surface area contributed by atoms with E-state index in [1.54, 1.807) is 11.3 Å². The standard InChI is InChI=1S/C17H16N4O2S/c1-10-19-13-8-7-12(9-14(13)24-10)20-15(16(22)21-17(18)23)11-5-3-2-4-6-11/h2-9,15,20H,1H3,(H3,18,21,22,23)/t15-/m0/s1. The molecule has 0 bridgehead atoms. The van der Waals surface area contributed by atoms with Crippen molar-refractivity contribution in [2.75, 3.05) is 5.32 Å². The highest BCUT2D eigenvalue weighted by Gasteiger charge is 2.21. The van der Waals surface area contributed by atoms with Gasteiger partial charge in [-0.25, -0.2) is 9.78 Å². The molecule has 0 aliphatic carbocycles. The molecule has 0 saturated carbocycles. The molecule has 3 aromatic rings. The van der Waals surface area contributed by atoms with Crippen molar-refractivity contribution in [1.29, 1.82) is 0 Å². The monoisotopic (exact) mass is 340 g/mol. The van der Waals surface area contributed by atoms with Crippen molar-refractivity contribution in [3.8, 4) is 0 Å². The van der Waals surface area contributed by atoms with Gasteiger partial charge in [0, 0.05) is 5.69 Å². The second-order valence-corrected chi connectivity index (χ2v) is 6.49. The van der Waals surface area contributed by atoms with Gasteiger partial charge < -0.3 is 11.1 Å². The number of nitrogens with one attached hydrogen (secondary N) is 2. The van der Waals surface area contributed by atoms with Crippen LogP contribution in [0.15, 0.2) is 48.5 Å². The third kappa shape index (κ3) is 3.52. The van der Waals surface area contributed by atoms with Gasteiger partial charge in [-0.15, -0.1) is 11.3 Å². The molecular formula is C17H16N4O2S. The fraction of sp³-hybridized carbons (Fsp3) is 0.118. The van der Waals surface area contributed by atoms with Gasteiger partial charge in [0.25, 0.3) is 5.91 Å². The van der Waals surface area contributed by atoms with E-state index in [0.29, 0.717) is 0 Å². The highest BCUT2D eigenvalue weighted by atomic mass is 32.1. The summed E-state index contributed by atoms with van der Waals surface area (Å²) in [6.45, 7) is 1.95. The molecule has 2 aromatic carbocycles. The van der Waals surface area contributed by atoms with Crippen LogP contribution in [0, 0.1) is 6.92 Å². The number of nitrogens with two attached hydrogens (primary N) is 1. The second kappa shape index (κ2) is 6.67. The average Bonchev–Trinajstić information content (AvgIpc) is 2.92. The number of primary amides is 1. The first kappa shape index (κ1) is 15.9. The van der Waals surface area contributed by atoms with Crippen LogP contribution in [0.2, 0.25) is 0 Å². The molecule has 0 radical (unpaired) electrons. The van der Waals surface area contributed by atoms with Gasteiger partial charge in [-0.05, 0) is 30.7 Å². The van der Waals surface area contributed by atoms with Gasteiger partial charge in [-0.1, -0.05) is 30.3 Å². The molecule has 1 aromatic heterocycles. The highest BCUT2D eigenvalue weighted by molar-refractivity contribution is 7.18. The molecule has 0 saturated heterocycles. The van der Waals surface area contributed by atoms with E-state index in [1.165, 1.54) is 0 Å². The lowest BCUT2D eigenvalue weighted by molar-refractivity contribution is -0.120. The topological polar surface area (TPSA) is 97.1 Å². The molecule has 0 unspecified atom stereocenters. The lowest BCUT2D eigenvalue weighted by Gasteiger charge is -2.19. The fourth-order valence-corrected chi connectivity index (χ4v) is 3.30. The van der Waals surface area contributed by atoms with Crippen LogP contribution in [0.4, 0.5) is 10.5 Å². The maximum atomic E-state index is 12.3. The number of aryl methyl sites for hydroxylation is 1. The van der Waals surface area contributed by atoms with E-state index in [1.807, 2.05) is 55.5 Å². The minimum atomic E-state index is -0.878. The van der Waals surface area contributed by atoms with E-state index >= 15 is 0 Å². The number of amides is 3. The summed E-state index contributed by atoms with van der Waals surface area (Å²) in [6, 6.07) is 13.2. The van der Waals surface area contributed by atoms with Gasteiger partial charge in [0.1, 0.15) is 6.04 Å². The number of rotatable bonds is 4. The molecule has 0 fully saturated rings. The van der Waals surface area contributed by atoms with Gasteiger partial charge in [0.15, 0.2) is 0 Å². The Morgan fingerprint density at radius 3 is 2.62 bits per heavy atom. The Kier molecular flexibility index (Phi) is 4.43. The summed E-state index contributed by atoms with van der Waals surface area (Å²) in [6.07, 6.45) is 0. The first-order valence-electron chi connectivity index (χ1n) is 7.32. The van der Waals surface area contributed by atoms with Crippen molar-refractivity contribution < 1.29 is 9.59 Å². The Morgan fingerprint density at radius 1 is 1.17 bits per heavy atom. The van der Waals surface area contributed by atoms with Crippen molar-refractivity contribution in [3.05, 3.63) is 59.1 Å². The summed E-state index contributed by atoms with van der Waals surface area (Å²) in [7, 11) is 0. The number of carbonyl (C=O) groups excluding carboxylic acids is 2. The van der Waals surface area contributed by atoms with E-state index in [-0.39, 0.29) is 0 Å². The molecular weight excluding hydrogens is 324 g/mol. The summed E-state index contributed by atoms with van der Waals surface area (Å²) in [5, 5.41) is 6.27. The molecule has 1 atom stereocenters. The number of hydrogen-bond acceptors (Lipinski definition) is 5. The predicted octanol–water partition coefficient (Wildman–Crippen LogP) is 2.95. The Balaban J connectivity index is 1.92. The van der Waals surface area contributed by atoms with Crippen LogP contribution in [0.1, 0.15) is 16.6 Å². The number of aromatic nitrogens is 1. The Bertz CT molecular complexity index is 892. The predicted molar refractivity (Wildman–Crippen MR) is 94.9 cm³/mol. The van der Waals surface area contributed by atoms with E-state index < -0.39 is 18.0 Å². The number of thiazole rings is 1. The van der Waals surface area contributed by atoms with Crippen molar-refractivity contribution in [1.82, 2.24) is 10.3 Å². The number of carbonyl (C=O) groups is 2. The van der Waals surface area contributed by atoms with Crippen LogP contribution in [0.3, 0.4) is 0 Å². The minimum Gasteiger partial charge on any atom is -0.370 e. The number of benzene rings is 2. The Hall–Kier alpha value is -2.93. The number of fused-ring (bicyclic) bond motifs is 1. The van der Waals surface area contributed by atoms with Crippen molar-refractivity contribution in [3.63, 3.8) is 0 Å². The first-order valence-corrected chi connectivity index (χ1v) is 8.13. The van der Waals surface area contributed by atoms with E-state index in [0.717, 1.165) is 26.5 Å². The normalized spacial score (nSPS) is 11.9. The minimum absolute atomic E-state index is 0.505. The van der Waals surface area contributed by atoms with Crippen LogP contribution >= 0.6 is 11.3 Å².